The highest BCUT2D eigenvalue weighted by Gasteiger charge is 2.19. The zero-order valence-electron chi connectivity index (χ0n) is 18.2. The molecule has 2 N–H and O–H groups in total. The highest BCUT2D eigenvalue weighted by atomic mass is 79.9. The van der Waals surface area contributed by atoms with Crippen molar-refractivity contribution in [3.8, 4) is 5.88 Å². The van der Waals surface area contributed by atoms with Crippen molar-refractivity contribution < 1.29 is 14.7 Å². The first-order valence-corrected chi connectivity index (χ1v) is 11.5. The van der Waals surface area contributed by atoms with Gasteiger partial charge in [-0.15, -0.1) is 10.2 Å². The smallest absolute Gasteiger partial charge is 0.264 e. The molecule has 7 nitrogen and oxygen atoms in total. The van der Waals surface area contributed by atoms with Crippen LogP contribution in [0, 0.1) is 0 Å². The fourth-order valence-corrected chi connectivity index (χ4v) is 3.87. The summed E-state index contributed by atoms with van der Waals surface area (Å²) in [5, 5.41) is 22.1. The van der Waals surface area contributed by atoms with Crippen LogP contribution in [-0.4, -0.2) is 28.0 Å². The van der Waals surface area contributed by atoms with Gasteiger partial charge in [0.2, 0.25) is 5.88 Å². The number of amides is 2. The molecule has 0 unspecified atom stereocenters. The van der Waals surface area contributed by atoms with Crippen LogP contribution < -0.4 is 5.32 Å². The van der Waals surface area contributed by atoms with Crippen molar-refractivity contribution in [1.82, 2.24) is 9.88 Å². The molecule has 2 aromatic carbocycles. The largest absolute Gasteiger partial charge is 0.493 e. The van der Waals surface area contributed by atoms with Gasteiger partial charge >= 0.3 is 0 Å². The maximum atomic E-state index is 12.2. The van der Waals surface area contributed by atoms with Crippen LogP contribution in [0.2, 0.25) is 0 Å². The van der Waals surface area contributed by atoms with E-state index in [0.29, 0.717) is 24.2 Å². The van der Waals surface area contributed by atoms with Crippen molar-refractivity contribution >= 4 is 44.3 Å². The molecule has 0 radical (unpaired) electrons. The zero-order valence-corrected chi connectivity index (χ0v) is 19.8. The lowest BCUT2D eigenvalue weighted by Gasteiger charge is -2.10. The van der Waals surface area contributed by atoms with Crippen molar-refractivity contribution in [3.05, 3.63) is 58.6 Å². The average molecular weight is 499 g/mol. The van der Waals surface area contributed by atoms with Crippen LogP contribution in [0.3, 0.4) is 0 Å². The molecular formula is C24H27BrN4O3. The third-order valence-corrected chi connectivity index (χ3v) is 5.57. The number of unbranched alkanes of at least 4 members (excludes halogenated alkanes) is 2. The van der Waals surface area contributed by atoms with E-state index in [0.717, 1.165) is 28.2 Å². The van der Waals surface area contributed by atoms with E-state index in [9.17, 15) is 14.7 Å². The Kier molecular flexibility index (Phi) is 8.16. The number of benzene rings is 2. The fourth-order valence-electron chi connectivity index (χ4n) is 3.51. The van der Waals surface area contributed by atoms with Crippen molar-refractivity contribution in [3.63, 3.8) is 0 Å². The number of aromatic nitrogens is 1. The van der Waals surface area contributed by atoms with Crippen LogP contribution >= 0.6 is 15.9 Å². The van der Waals surface area contributed by atoms with Gasteiger partial charge in [0, 0.05) is 34.4 Å². The molecule has 2 amide bonds. The van der Waals surface area contributed by atoms with E-state index in [1.165, 1.54) is 0 Å². The van der Waals surface area contributed by atoms with Gasteiger partial charge < -0.3 is 15.0 Å². The minimum absolute atomic E-state index is 0.00110. The van der Waals surface area contributed by atoms with Gasteiger partial charge in [-0.25, -0.2) is 0 Å². The highest BCUT2D eigenvalue weighted by molar-refractivity contribution is 9.10. The first kappa shape index (κ1) is 23.7. The van der Waals surface area contributed by atoms with Crippen molar-refractivity contribution in [2.75, 3.05) is 6.54 Å². The maximum absolute atomic E-state index is 12.2. The van der Waals surface area contributed by atoms with Crippen molar-refractivity contribution in [1.29, 1.82) is 0 Å². The predicted molar refractivity (Wildman–Crippen MR) is 128 cm³/mol. The van der Waals surface area contributed by atoms with E-state index in [2.05, 4.69) is 31.5 Å². The molecule has 1 heterocycles. The lowest BCUT2D eigenvalue weighted by atomic mass is 10.2. The zero-order chi connectivity index (χ0) is 23.1. The van der Waals surface area contributed by atoms with Gasteiger partial charge in [0.05, 0.1) is 5.52 Å². The summed E-state index contributed by atoms with van der Waals surface area (Å²) in [5.74, 6) is -0.431. The number of rotatable bonds is 9. The number of hydrogen-bond donors (Lipinski definition) is 2. The monoisotopic (exact) mass is 498 g/mol. The molecule has 32 heavy (non-hydrogen) atoms. The Labute approximate surface area is 195 Å². The minimum atomic E-state index is -0.335. The molecule has 0 aliphatic heterocycles. The van der Waals surface area contributed by atoms with E-state index < -0.39 is 0 Å². The summed E-state index contributed by atoms with van der Waals surface area (Å²) in [4.78, 5) is 24.1. The third-order valence-electron chi connectivity index (χ3n) is 5.08. The van der Waals surface area contributed by atoms with Crippen LogP contribution in [0.15, 0.2) is 63.2 Å². The Hall–Kier alpha value is -3.00. The molecule has 3 rings (SSSR count). The summed E-state index contributed by atoms with van der Waals surface area (Å²) in [6.45, 7) is 4.49. The van der Waals surface area contributed by atoms with Crippen molar-refractivity contribution in [2.45, 2.75) is 45.6 Å². The minimum Gasteiger partial charge on any atom is -0.493 e. The van der Waals surface area contributed by atoms with Gasteiger partial charge in [0.1, 0.15) is 0 Å². The Morgan fingerprint density at radius 3 is 2.56 bits per heavy atom. The number of azo groups is 1. The second-order valence-electron chi connectivity index (χ2n) is 7.82. The molecule has 0 saturated heterocycles. The molecule has 0 aliphatic carbocycles. The molecule has 168 valence electrons. The van der Waals surface area contributed by atoms with Gasteiger partial charge in [-0.3, -0.25) is 9.59 Å². The number of nitrogens with one attached hydrogen (secondary N) is 1. The van der Waals surface area contributed by atoms with Crippen LogP contribution in [0.1, 0.15) is 55.9 Å². The quantitative estimate of drug-likeness (QED) is 0.268. The molecule has 0 bridgehead atoms. The van der Waals surface area contributed by atoms with Gasteiger partial charge in [-0.05, 0) is 57.0 Å². The Balaban J connectivity index is 1.50. The number of nitrogens with zero attached hydrogens (tertiary/aromatic N) is 3. The van der Waals surface area contributed by atoms with Crippen LogP contribution in [-0.2, 0) is 4.79 Å². The Morgan fingerprint density at radius 2 is 1.84 bits per heavy atom. The number of carbonyl (C=O) groups excluding carboxylic acids is 2. The summed E-state index contributed by atoms with van der Waals surface area (Å²) >= 11 is 3.44. The normalized spacial score (nSPS) is 11.5. The second-order valence-corrected chi connectivity index (χ2v) is 8.74. The summed E-state index contributed by atoms with van der Waals surface area (Å²) in [6, 6.07) is 14.8. The standard InChI is InChI=1S/C24H27BrN4O3/c1-16(2)29-20-13-12-18(25)15-19(20)22(24(29)32)28-27-21(30)11-7-4-8-14-26-23(31)17-9-5-3-6-10-17/h3,5-6,9-10,12-13,15-16,32H,4,7-8,11,14H2,1-2H3,(H,26,31). The first-order chi connectivity index (χ1) is 15.4. The Bertz CT molecular complexity index is 1120. The van der Waals surface area contributed by atoms with E-state index in [-0.39, 0.29) is 30.2 Å². The lowest BCUT2D eigenvalue weighted by Crippen LogP contribution is -2.24. The number of aromatic hydroxyl groups is 1. The topological polar surface area (TPSA) is 96.0 Å². The van der Waals surface area contributed by atoms with E-state index >= 15 is 0 Å². The molecule has 8 heteroatoms. The molecule has 0 atom stereocenters. The van der Waals surface area contributed by atoms with Gasteiger partial charge in [-0.1, -0.05) is 40.5 Å². The molecule has 0 aliphatic rings. The maximum Gasteiger partial charge on any atom is 0.264 e. The van der Waals surface area contributed by atoms with E-state index in [4.69, 9.17) is 0 Å². The second kappa shape index (κ2) is 11.0. The lowest BCUT2D eigenvalue weighted by molar-refractivity contribution is -0.118. The van der Waals surface area contributed by atoms with Crippen LogP contribution in [0.4, 0.5) is 5.69 Å². The first-order valence-electron chi connectivity index (χ1n) is 10.7. The number of fused-ring (bicyclic) bond motifs is 1. The Morgan fingerprint density at radius 1 is 1.09 bits per heavy atom. The third kappa shape index (κ3) is 5.82. The van der Waals surface area contributed by atoms with Crippen LogP contribution in [0.25, 0.3) is 10.9 Å². The molecule has 0 saturated carbocycles. The number of hydrogen-bond acceptors (Lipinski definition) is 4. The van der Waals surface area contributed by atoms with Gasteiger partial charge in [0.15, 0.2) is 5.69 Å². The summed E-state index contributed by atoms with van der Waals surface area (Å²) in [6.07, 6.45) is 2.49. The molecule has 3 aromatic rings. The van der Waals surface area contributed by atoms with Crippen LogP contribution in [0.5, 0.6) is 5.88 Å². The highest BCUT2D eigenvalue weighted by Crippen LogP contribution is 2.41. The summed E-state index contributed by atoms with van der Waals surface area (Å²) in [5.41, 5.74) is 1.77. The summed E-state index contributed by atoms with van der Waals surface area (Å²) < 4.78 is 2.62. The van der Waals surface area contributed by atoms with E-state index in [1.54, 1.807) is 16.7 Å². The molecule has 0 spiro atoms. The average Bonchev–Trinajstić information content (AvgIpc) is 3.05. The molecule has 0 fully saturated rings. The predicted octanol–water partition coefficient (Wildman–Crippen LogP) is 6.29. The molecular weight excluding hydrogens is 472 g/mol. The SMILES string of the molecule is CC(C)n1c(O)c(N=NC(=O)CCCCCNC(=O)c2ccccc2)c2cc(Br)ccc21. The number of carbonyl (C=O) groups is 2. The fraction of sp³-hybridized carbons (Fsp3) is 0.333. The van der Waals surface area contributed by atoms with Crippen molar-refractivity contribution in [2.24, 2.45) is 10.2 Å². The molecule has 1 aromatic heterocycles. The van der Waals surface area contributed by atoms with Gasteiger partial charge in [-0.2, -0.15) is 0 Å². The number of halogens is 1. The van der Waals surface area contributed by atoms with E-state index in [1.807, 2.05) is 50.2 Å². The van der Waals surface area contributed by atoms with Gasteiger partial charge in [0.25, 0.3) is 11.8 Å². The summed E-state index contributed by atoms with van der Waals surface area (Å²) in [7, 11) is 0.